The quantitative estimate of drug-likeness (QED) is 0.137. The summed E-state index contributed by atoms with van der Waals surface area (Å²) in [5.41, 5.74) is 5.84. The van der Waals surface area contributed by atoms with Gasteiger partial charge in [-0.1, -0.05) is 6.07 Å². The number of Topliss-reactive ketones (excluding diaryl/α,β-unsaturated/α-hetero) is 2. The van der Waals surface area contributed by atoms with E-state index < -0.39 is 48.4 Å². The molecule has 1 aliphatic rings. The fourth-order valence-electron chi connectivity index (χ4n) is 4.55. The lowest BCUT2D eigenvalue weighted by atomic mass is 9.73. The maximum absolute atomic E-state index is 12.9. The molecule has 0 radical (unpaired) electrons. The van der Waals surface area contributed by atoms with E-state index in [4.69, 9.17) is 5.73 Å². The van der Waals surface area contributed by atoms with E-state index in [1.165, 1.54) is 13.2 Å². The topological polar surface area (TPSA) is 225 Å². The number of hydrogen-bond acceptors (Lipinski definition) is 9. The number of aliphatic hydroxyl groups excluding tert-OH is 2. The zero-order chi connectivity index (χ0) is 26.1. The minimum Gasteiger partial charge on any atom is -0.505 e. The fraction of sp³-hybridized carbons (Fsp3) is 0.542. The number of carbonyl (C=O) groups is 5. The molecule has 1 aliphatic carbocycles. The Hall–Kier alpha value is -3.35. The van der Waals surface area contributed by atoms with Gasteiger partial charge in [0.25, 0.3) is 0 Å². The first kappa shape index (κ1) is 30.7. The molecular weight excluding hydrogens is 476 g/mol. The number of carbonyl (C=O) groups excluding carboxylic acids is 5. The van der Waals surface area contributed by atoms with Crippen molar-refractivity contribution in [3.8, 4) is 5.75 Å². The number of hydrogen-bond donors (Lipinski definition) is 5. The maximum atomic E-state index is 12.9. The number of aliphatic hydroxyl groups is 2. The number of nitrogens with two attached hydrogens (primary N) is 1. The van der Waals surface area contributed by atoms with Gasteiger partial charge in [-0.05, 0) is 42.7 Å². The normalized spacial score (nSPS) is 16.2. The number of ether oxygens (including phenoxy) is 1. The molecule has 12 heteroatoms. The van der Waals surface area contributed by atoms with E-state index in [-0.39, 0.29) is 69.3 Å². The van der Waals surface area contributed by atoms with Crippen LogP contribution in [0.1, 0.15) is 57.3 Å². The lowest BCUT2D eigenvalue weighted by molar-refractivity contribution is -0.141. The average molecular weight is 515 g/mol. The number of benzene rings is 1. The Kier molecular flexibility index (Phi) is 12.2. The largest absolute Gasteiger partial charge is 0.505 e. The minimum atomic E-state index is -0.887. The lowest BCUT2D eigenvalue weighted by Gasteiger charge is -2.31. The number of phenols is 1. The van der Waals surface area contributed by atoms with Crippen LogP contribution in [0.15, 0.2) is 12.1 Å². The van der Waals surface area contributed by atoms with Crippen LogP contribution < -0.4 is 11.1 Å². The summed E-state index contributed by atoms with van der Waals surface area (Å²) < 4.78 is 4.49. The number of anilines is 1. The number of aromatic hydroxyl groups is 1. The molecule has 204 valence electrons. The summed E-state index contributed by atoms with van der Waals surface area (Å²) in [7, 11) is 1.21. The molecule has 0 aliphatic heterocycles. The Morgan fingerprint density at radius 2 is 1.89 bits per heavy atom. The zero-order valence-corrected chi connectivity index (χ0v) is 20.1. The van der Waals surface area contributed by atoms with Crippen molar-refractivity contribution in [3.63, 3.8) is 0 Å². The molecule has 2 amide bonds. The van der Waals surface area contributed by atoms with Crippen LogP contribution in [0.3, 0.4) is 0 Å². The summed E-state index contributed by atoms with van der Waals surface area (Å²) in [6.07, 6.45) is 0.219. The van der Waals surface area contributed by atoms with Gasteiger partial charge in [-0.25, -0.2) is 0 Å². The molecule has 0 aromatic heterocycles. The highest BCUT2D eigenvalue weighted by Crippen LogP contribution is 2.39. The van der Waals surface area contributed by atoms with E-state index in [9.17, 15) is 39.3 Å². The number of primary amides is 1. The Labute approximate surface area is 211 Å². The van der Waals surface area contributed by atoms with Gasteiger partial charge in [0.05, 0.1) is 37.8 Å². The van der Waals surface area contributed by atoms with E-state index in [0.29, 0.717) is 18.4 Å². The smallest absolute Gasteiger partial charge is 0.306 e. The Balaban J connectivity index is 0. The second kappa shape index (κ2) is 14.3. The van der Waals surface area contributed by atoms with Gasteiger partial charge in [-0.2, -0.15) is 0 Å². The predicted octanol–water partition coefficient (Wildman–Crippen LogP) is 0.138. The third-order valence-electron chi connectivity index (χ3n) is 6.25. The summed E-state index contributed by atoms with van der Waals surface area (Å²) in [6, 6.07) is 3.09. The zero-order valence-electron chi connectivity index (χ0n) is 20.1. The second-order valence-corrected chi connectivity index (χ2v) is 8.72. The summed E-state index contributed by atoms with van der Waals surface area (Å²) >= 11 is 0. The van der Waals surface area contributed by atoms with Crippen LogP contribution in [0.2, 0.25) is 0 Å². The van der Waals surface area contributed by atoms with Crippen LogP contribution in [0, 0.1) is 17.8 Å². The highest BCUT2D eigenvalue weighted by atomic mass is 16.5. The number of esters is 1. The Bertz CT molecular complexity index is 989. The van der Waals surface area contributed by atoms with Crippen LogP contribution in [0.25, 0.3) is 0 Å². The molecule has 0 spiro atoms. The Morgan fingerprint density at radius 1 is 1.19 bits per heavy atom. The molecule has 1 aromatic rings. The summed E-state index contributed by atoms with van der Waals surface area (Å²) in [5.74, 6) is -4.64. The highest BCUT2D eigenvalue weighted by Gasteiger charge is 2.34. The second-order valence-electron chi connectivity index (χ2n) is 8.72. The van der Waals surface area contributed by atoms with Gasteiger partial charge in [-0.3, -0.25) is 24.0 Å². The van der Waals surface area contributed by atoms with E-state index in [1.807, 2.05) is 0 Å². The molecule has 3 unspecified atom stereocenters. The molecule has 3 atom stereocenters. The number of methoxy groups -OCH3 is 1. The van der Waals surface area contributed by atoms with Crippen molar-refractivity contribution in [2.45, 2.75) is 44.9 Å². The van der Waals surface area contributed by atoms with E-state index in [0.717, 1.165) is 0 Å². The van der Waals surface area contributed by atoms with E-state index in [1.54, 1.807) is 6.07 Å². The molecule has 12 nitrogen and oxygen atoms in total. The molecule has 0 heterocycles. The van der Waals surface area contributed by atoms with E-state index >= 15 is 0 Å². The van der Waals surface area contributed by atoms with Gasteiger partial charge in [-0.15, -0.1) is 0 Å². The molecule has 8 N–H and O–H groups in total. The minimum absolute atomic E-state index is 0. The van der Waals surface area contributed by atoms with Gasteiger partial charge in [0.1, 0.15) is 11.5 Å². The van der Waals surface area contributed by atoms with Crippen molar-refractivity contribution in [2.75, 3.05) is 25.6 Å². The van der Waals surface area contributed by atoms with Crippen molar-refractivity contribution in [1.29, 1.82) is 0 Å². The van der Waals surface area contributed by atoms with Crippen LogP contribution in [-0.2, 0) is 30.3 Å². The van der Waals surface area contributed by atoms with Crippen molar-refractivity contribution in [2.24, 2.45) is 23.5 Å². The molecule has 0 fully saturated rings. The molecular formula is C24H38N2O10. The summed E-state index contributed by atoms with van der Waals surface area (Å²) in [4.78, 5) is 59.7. The van der Waals surface area contributed by atoms with E-state index in [2.05, 4.69) is 10.1 Å². The van der Waals surface area contributed by atoms with Crippen molar-refractivity contribution < 1.29 is 52.4 Å². The van der Waals surface area contributed by atoms with Gasteiger partial charge in [0.2, 0.25) is 11.8 Å². The number of amides is 2. The summed E-state index contributed by atoms with van der Waals surface area (Å²) in [5, 5.41) is 32.3. The molecule has 2 rings (SSSR count). The third kappa shape index (κ3) is 8.11. The van der Waals surface area contributed by atoms with Crippen LogP contribution in [0.5, 0.6) is 5.75 Å². The first-order chi connectivity index (χ1) is 16.6. The van der Waals surface area contributed by atoms with Crippen molar-refractivity contribution in [3.05, 3.63) is 23.3 Å². The van der Waals surface area contributed by atoms with Crippen molar-refractivity contribution in [1.82, 2.24) is 0 Å². The molecule has 1 aromatic carbocycles. The number of fused-ring (bicyclic) bond motifs is 1. The third-order valence-corrected chi connectivity index (χ3v) is 6.25. The maximum Gasteiger partial charge on any atom is 0.306 e. The van der Waals surface area contributed by atoms with Crippen molar-refractivity contribution >= 4 is 35.0 Å². The highest BCUT2D eigenvalue weighted by molar-refractivity contribution is 6.04. The number of phenolic OH excluding ortho intramolecular Hbond substituents is 1. The lowest BCUT2D eigenvalue weighted by Crippen LogP contribution is -2.33. The monoisotopic (exact) mass is 514 g/mol. The first-order valence-corrected chi connectivity index (χ1v) is 11.4. The van der Waals surface area contributed by atoms with Gasteiger partial charge >= 0.3 is 5.97 Å². The van der Waals surface area contributed by atoms with Gasteiger partial charge < -0.3 is 36.6 Å². The SMILES string of the molecule is COC(=O)CCC(=O)Nc1ccc2c(c1O)C(=O)CC(CC(CCO)C(CO)C(=O)CC(N)=O)C2.O.[HH].[HH]. The van der Waals surface area contributed by atoms with Crippen LogP contribution in [0.4, 0.5) is 5.69 Å². The van der Waals surface area contributed by atoms with Gasteiger partial charge in [0, 0.05) is 28.2 Å². The summed E-state index contributed by atoms with van der Waals surface area (Å²) in [6.45, 7) is -0.740. The molecule has 0 bridgehead atoms. The van der Waals surface area contributed by atoms with Crippen LogP contribution >= 0.6 is 0 Å². The standard InChI is InChI=1S/C24H32N2O9.H2O.2H2/c1-35-22(33)5-4-21(32)26-17-3-2-15-9-13(10-19(30)23(15)24(17)34)8-14(6-7-27)16(12-28)18(29)11-20(25)31;;;/h2-3,13-14,16,27-28,34H,4-12H2,1H3,(H2,25,31)(H,26,32);1H2;2*1H. The first-order valence-electron chi connectivity index (χ1n) is 11.4. The molecule has 36 heavy (non-hydrogen) atoms. The predicted molar refractivity (Wildman–Crippen MR) is 131 cm³/mol. The fourth-order valence-corrected chi connectivity index (χ4v) is 4.55. The average Bonchev–Trinajstić information content (AvgIpc) is 2.79. The molecule has 0 saturated carbocycles. The number of rotatable bonds is 13. The van der Waals surface area contributed by atoms with Gasteiger partial charge in [0.15, 0.2) is 5.78 Å². The molecule has 0 saturated heterocycles. The number of ketones is 2. The Morgan fingerprint density at radius 3 is 2.47 bits per heavy atom. The van der Waals surface area contributed by atoms with Crippen LogP contribution in [-0.4, -0.2) is 70.5 Å². The number of nitrogens with one attached hydrogen (secondary N) is 1.